The maximum Gasteiger partial charge on any atom is 0.343 e. The normalized spacial score (nSPS) is 12.3. The topological polar surface area (TPSA) is 89.0 Å². The molecule has 0 fully saturated rings. The first-order valence-electron chi connectivity index (χ1n) is 6.68. The highest BCUT2D eigenvalue weighted by molar-refractivity contribution is 8.00. The van der Waals surface area contributed by atoms with Crippen LogP contribution >= 0.6 is 11.8 Å². The molecule has 20 heavy (non-hydrogen) atoms. The molecular weight excluding hydrogens is 280 g/mol. The van der Waals surface area contributed by atoms with Crippen LogP contribution in [0.4, 0.5) is 0 Å². The quantitative estimate of drug-likeness (QED) is 0.515. The van der Waals surface area contributed by atoms with Gasteiger partial charge in [0.25, 0.3) is 0 Å². The second kappa shape index (κ2) is 8.80. The van der Waals surface area contributed by atoms with Crippen molar-refractivity contribution in [2.45, 2.75) is 43.6 Å². The largest absolute Gasteiger partial charge is 0.383 e. The molecule has 1 atom stereocenters. The zero-order chi connectivity index (χ0) is 15.0. The first kappa shape index (κ1) is 16.8. The van der Waals surface area contributed by atoms with E-state index in [4.69, 9.17) is 4.74 Å². The summed E-state index contributed by atoms with van der Waals surface area (Å²) in [7, 11) is 1.58. The van der Waals surface area contributed by atoms with E-state index in [1.165, 1.54) is 11.8 Å². The Bertz CT molecular complexity index is 472. The van der Waals surface area contributed by atoms with Crippen LogP contribution in [0, 0.1) is 0 Å². The number of thioether (sulfide) groups is 1. The Kier molecular flexibility index (Phi) is 7.38. The van der Waals surface area contributed by atoms with Crippen molar-refractivity contribution in [2.75, 3.05) is 20.3 Å². The van der Waals surface area contributed by atoms with Crippen molar-refractivity contribution in [1.29, 1.82) is 0 Å². The van der Waals surface area contributed by atoms with Crippen LogP contribution in [-0.2, 0) is 16.1 Å². The van der Waals surface area contributed by atoms with E-state index >= 15 is 0 Å². The summed E-state index contributed by atoms with van der Waals surface area (Å²) in [5.41, 5.74) is -0.229. The molecule has 0 spiro atoms. The fourth-order valence-electron chi connectivity index (χ4n) is 1.54. The van der Waals surface area contributed by atoms with Gasteiger partial charge in [-0.15, -0.1) is 5.10 Å². The Labute approximate surface area is 122 Å². The number of unbranched alkanes of at least 4 members (excludes halogenated alkanes) is 1. The first-order chi connectivity index (χ1) is 9.60. The number of carbonyl (C=O) groups excluding carboxylic acids is 1. The van der Waals surface area contributed by atoms with Crippen LogP contribution < -0.4 is 11.0 Å². The summed E-state index contributed by atoms with van der Waals surface area (Å²) in [6.07, 6.45) is 1.90. The number of nitrogens with one attached hydrogen (secondary N) is 2. The summed E-state index contributed by atoms with van der Waals surface area (Å²) in [5.74, 6) is -0.0930. The summed E-state index contributed by atoms with van der Waals surface area (Å²) in [6.45, 7) is 5.42. The summed E-state index contributed by atoms with van der Waals surface area (Å²) in [4.78, 5) is 23.5. The molecule has 0 aromatic carbocycles. The van der Waals surface area contributed by atoms with Crippen molar-refractivity contribution in [3.63, 3.8) is 0 Å². The molecule has 0 radical (unpaired) electrons. The molecule has 0 aliphatic carbocycles. The average Bonchev–Trinajstić information content (AvgIpc) is 2.77. The third-order valence-electron chi connectivity index (χ3n) is 2.72. The van der Waals surface area contributed by atoms with Gasteiger partial charge in [-0.2, -0.15) is 0 Å². The molecule has 0 bridgehead atoms. The molecule has 0 saturated carbocycles. The number of aromatic amines is 1. The monoisotopic (exact) mass is 302 g/mol. The van der Waals surface area contributed by atoms with E-state index in [0.29, 0.717) is 24.9 Å². The van der Waals surface area contributed by atoms with E-state index in [-0.39, 0.29) is 16.8 Å². The van der Waals surface area contributed by atoms with Gasteiger partial charge in [-0.1, -0.05) is 25.1 Å². The molecule has 0 saturated heterocycles. The van der Waals surface area contributed by atoms with Crippen LogP contribution in [0.1, 0.15) is 26.7 Å². The number of carbonyl (C=O) groups is 1. The minimum Gasteiger partial charge on any atom is -0.383 e. The molecule has 8 heteroatoms. The highest BCUT2D eigenvalue weighted by Crippen LogP contribution is 2.20. The Morgan fingerprint density at radius 2 is 2.35 bits per heavy atom. The van der Waals surface area contributed by atoms with Crippen LogP contribution in [-0.4, -0.2) is 46.2 Å². The lowest BCUT2D eigenvalue weighted by atomic mass is 10.3. The van der Waals surface area contributed by atoms with Crippen LogP contribution in [0.3, 0.4) is 0 Å². The number of amides is 1. The number of ether oxygens (including phenoxy) is 1. The second-order valence-corrected chi connectivity index (χ2v) is 5.67. The number of hydrogen-bond donors (Lipinski definition) is 2. The number of nitrogens with zero attached hydrogens (tertiary/aromatic N) is 2. The van der Waals surface area contributed by atoms with Crippen molar-refractivity contribution in [3.8, 4) is 0 Å². The zero-order valence-corrected chi connectivity index (χ0v) is 13.0. The fraction of sp³-hybridized carbons (Fsp3) is 0.750. The molecule has 2 N–H and O–H groups in total. The third-order valence-corrected chi connectivity index (χ3v) is 3.81. The van der Waals surface area contributed by atoms with E-state index in [0.717, 1.165) is 12.8 Å². The van der Waals surface area contributed by atoms with Gasteiger partial charge in [0.2, 0.25) is 5.91 Å². The van der Waals surface area contributed by atoms with Gasteiger partial charge in [0.15, 0.2) is 5.16 Å². The van der Waals surface area contributed by atoms with Crippen LogP contribution in [0.25, 0.3) is 0 Å². The molecule has 0 aliphatic rings. The molecule has 114 valence electrons. The lowest BCUT2D eigenvalue weighted by Crippen LogP contribution is -2.33. The van der Waals surface area contributed by atoms with E-state index in [9.17, 15) is 9.59 Å². The Morgan fingerprint density at radius 1 is 1.60 bits per heavy atom. The smallest absolute Gasteiger partial charge is 0.343 e. The lowest BCUT2D eigenvalue weighted by Gasteiger charge is -2.11. The molecule has 1 aromatic rings. The van der Waals surface area contributed by atoms with Crippen molar-refractivity contribution in [2.24, 2.45) is 0 Å². The Morgan fingerprint density at radius 3 is 3.00 bits per heavy atom. The number of methoxy groups -OCH3 is 1. The maximum atomic E-state index is 11.8. The van der Waals surface area contributed by atoms with Gasteiger partial charge in [0, 0.05) is 20.2 Å². The van der Waals surface area contributed by atoms with Gasteiger partial charge >= 0.3 is 5.69 Å². The predicted octanol–water partition coefficient (Wildman–Crippen LogP) is 0.615. The minimum absolute atomic E-state index is 0.0930. The summed E-state index contributed by atoms with van der Waals surface area (Å²) >= 11 is 1.28. The standard InChI is InChI=1S/C12H22N4O3S/c1-4-5-7-16-11(18)14-15-12(16)20-9(2)10(17)13-6-8-19-3/h9H,4-8H2,1-3H3,(H,13,17)(H,14,18)/t9-/m0/s1. The van der Waals surface area contributed by atoms with E-state index in [1.54, 1.807) is 18.6 Å². The van der Waals surface area contributed by atoms with Gasteiger partial charge in [0.1, 0.15) is 0 Å². The maximum absolute atomic E-state index is 11.8. The molecule has 1 rings (SSSR count). The molecule has 7 nitrogen and oxygen atoms in total. The Balaban J connectivity index is 2.58. The molecule has 1 heterocycles. The lowest BCUT2D eigenvalue weighted by molar-refractivity contribution is -0.120. The SMILES string of the molecule is CCCCn1c(S[C@@H](C)C(=O)NCCOC)n[nH]c1=O. The first-order valence-corrected chi connectivity index (χ1v) is 7.56. The van der Waals surface area contributed by atoms with Crippen LogP contribution in [0.15, 0.2) is 9.95 Å². The number of hydrogen-bond acceptors (Lipinski definition) is 5. The second-order valence-electron chi connectivity index (χ2n) is 4.36. The van der Waals surface area contributed by atoms with Gasteiger partial charge in [0.05, 0.1) is 11.9 Å². The predicted molar refractivity (Wildman–Crippen MR) is 78.0 cm³/mol. The molecule has 1 amide bonds. The van der Waals surface area contributed by atoms with Gasteiger partial charge < -0.3 is 10.1 Å². The summed E-state index contributed by atoms with van der Waals surface area (Å²) in [5, 5.41) is 9.40. The minimum atomic E-state index is -0.317. The highest BCUT2D eigenvalue weighted by Gasteiger charge is 2.18. The molecular formula is C12H22N4O3S. The van der Waals surface area contributed by atoms with Crippen molar-refractivity contribution in [3.05, 3.63) is 10.5 Å². The summed E-state index contributed by atoms with van der Waals surface area (Å²) in [6, 6.07) is 0. The van der Waals surface area contributed by atoms with Crippen molar-refractivity contribution >= 4 is 17.7 Å². The summed E-state index contributed by atoms with van der Waals surface area (Å²) < 4.78 is 6.45. The molecule has 0 aliphatic heterocycles. The fourth-order valence-corrected chi connectivity index (χ4v) is 2.44. The molecule has 0 unspecified atom stereocenters. The number of H-pyrrole nitrogens is 1. The van der Waals surface area contributed by atoms with Crippen molar-refractivity contribution < 1.29 is 9.53 Å². The molecule has 1 aromatic heterocycles. The average molecular weight is 302 g/mol. The van der Waals surface area contributed by atoms with E-state index in [1.807, 2.05) is 0 Å². The van der Waals surface area contributed by atoms with E-state index in [2.05, 4.69) is 22.4 Å². The van der Waals surface area contributed by atoms with Crippen LogP contribution in [0.5, 0.6) is 0 Å². The Hall–Kier alpha value is -1.28. The zero-order valence-electron chi connectivity index (χ0n) is 12.1. The van der Waals surface area contributed by atoms with E-state index < -0.39 is 0 Å². The van der Waals surface area contributed by atoms with Crippen LogP contribution in [0.2, 0.25) is 0 Å². The number of aromatic nitrogens is 3. The third kappa shape index (κ3) is 5.01. The highest BCUT2D eigenvalue weighted by atomic mass is 32.2. The van der Waals surface area contributed by atoms with Gasteiger partial charge in [-0.25, -0.2) is 9.89 Å². The number of rotatable bonds is 9. The van der Waals surface area contributed by atoms with Gasteiger partial charge in [-0.05, 0) is 13.3 Å². The van der Waals surface area contributed by atoms with Crippen molar-refractivity contribution in [1.82, 2.24) is 20.1 Å². The van der Waals surface area contributed by atoms with Gasteiger partial charge in [-0.3, -0.25) is 9.36 Å².